The second-order valence-corrected chi connectivity index (χ2v) is 4.30. The van der Waals surface area contributed by atoms with Crippen LogP contribution in [0.5, 0.6) is 0 Å². The minimum absolute atomic E-state index is 0.371. The van der Waals surface area contributed by atoms with Gasteiger partial charge >= 0.3 is 0 Å². The van der Waals surface area contributed by atoms with E-state index >= 15 is 0 Å². The van der Waals surface area contributed by atoms with Gasteiger partial charge in [-0.25, -0.2) is 0 Å². The van der Waals surface area contributed by atoms with Gasteiger partial charge in [0.25, 0.3) is 0 Å². The summed E-state index contributed by atoms with van der Waals surface area (Å²) in [6.07, 6.45) is 1.62. The van der Waals surface area contributed by atoms with E-state index in [-0.39, 0.29) is 0 Å². The molecule has 19 heavy (non-hydrogen) atoms. The molecule has 2 aromatic rings. The molecule has 0 saturated carbocycles. The first kappa shape index (κ1) is 13.1. The summed E-state index contributed by atoms with van der Waals surface area (Å²) in [7, 11) is 0. The number of oxime groups is 1. The van der Waals surface area contributed by atoms with Crippen molar-refractivity contribution in [1.29, 1.82) is 5.26 Å². The lowest BCUT2D eigenvalue weighted by molar-refractivity contribution is 0.132. The predicted molar refractivity (Wildman–Crippen MR) is 75.0 cm³/mol. The molecule has 0 saturated heterocycles. The molecule has 0 aliphatic heterocycles. The maximum Gasteiger partial charge on any atom is 0.142 e. The number of hydrogen-bond donors (Lipinski definition) is 0. The van der Waals surface area contributed by atoms with Gasteiger partial charge in [0, 0.05) is 5.02 Å². The molecule has 4 heteroatoms. The Bertz CT molecular complexity index is 598. The first-order valence-corrected chi connectivity index (χ1v) is 6.05. The van der Waals surface area contributed by atoms with E-state index in [9.17, 15) is 0 Å². The van der Waals surface area contributed by atoms with Gasteiger partial charge in [-0.15, -0.1) is 0 Å². The molecule has 0 amide bonds. The lowest BCUT2D eigenvalue weighted by Gasteiger charge is -1.99. The minimum atomic E-state index is 0.371. The molecule has 0 aromatic heterocycles. The highest BCUT2D eigenvalue weighted by Gasteiger charge is 1.94. The molecule has 0 atom stereocenters. The summed E-state index contributed by atoms with van der Waals surface area (Å²) in [5.74, 6) is 0. The Kier molecular flexibility index (Phi) is 4.54. The number of benzene rings is 2. The van der Waals surface area contributed by atoms with Crippen LogP contribution in [-0.2, 0) is 11.4 Å². The summed E-state index contributed by atoms with van der Waals surface area (Å²) in [4.78, 5) is 5.18. The fourth-order valence-corrected chi connectivity index (χ4v) is 1.56. The summed E-state index contributed by atoms with van der Waals surface area (Å²) >= 11 is 5.78. The van der Waals surface area contributed by atoms with Crippen LogP contribution in [-0.4, -0.2) is 6.21 Å². The normalized spacial score (nSPS) is 10.3. The molecule has 3 nitrogen and oxygen atoms in total. The maximum atomic E-state index is 8.67. The third kappa shape index (κ3) is 4.13. The fraction of sp³-hybridized carbons (Fsp3) is 0.0667. The van der Waals surface area contributed by atoms with Crippen LogP contribution in [0.2, 0.25) is 5.02 Å². The highest BCUT2D eigenvalue weighted by molar-refractivity contribution is 6.30. The summed E-state index contributed by atoms with van der Waals surface area (Å²) in [5.41, 5.74) is 2.52. The van der Waals surface area contributed by atoms with Crippen molar-refractivity contribution in [3.63, 3.8) is 0 Å². The Balaban J connectivity index is 1.85. The first-order valence-electron chi connectivity index (χ1n) is 5.68. The van der Waals surface area contributed by atoms with Crippen LogP contribution < -0.4 is 0 Å². The molecule has 94 valence electrons. The summed E-state index contributed by atoms with van der Waals surface area (Å²) in [5, 5.41) is 13.2. The standard InChI is InChI=1S/C15H11ClN2O/c16-15-7-5-13(6-8-15)10-18-19-11-14-3-1-12(9-17)2-4-14/h1-8,10H,11H2/b18-10+. The zero-order chi connectivity index (χ0) is 13.5. The van der Waals surface area contributed by atoms with E-state index in [0.29, 0.717) is 17.2 Å². The number of hydrogen-bond acceptors (Lipinski definition) is 3. The fourth-order valence-electron chi connectivity index (χ4n) is 1.43. The highest BCUT2D eigenvalue weighted by atomic mass is 35.5. The van der Waals surface area contributed by atoms with Crippen molar-refractivity contribution in [2.75, 3.05) is 0 Å². The molecule has 2 rings (SSSR count). The van der Waals surface area contributed by atoms with Crippen LogP contribution in [0.15, 0.2) is 53.7 Å². The second-order valence-electron chi connectivity index (χ2n) is 3.87. The molecule has 0 unspecified atom stereocenters. The van der Waals surface area contributed by atoms with Gasteiger partial charge in [-0.2, -0.15) is 5.26 Å². The molecular formula is C15H11ClN2O. The Morgan fingerprint density at radius 2 is 1.79 bits per heavy atom. The second kappa shape index (κ2) is 6.58. The van der Waals surface area contributed by atoms with Crippen molar-refractivity contribution in [3.05, 3.63) is 70.2 Å². The van der Waals surface area contributed by atoms with Gasteiger partial charge in [0.15, 0.2) is 0 Å². The van der Waals surface area contributed by atoms with E-state index in [1.54, 1.807) is 30.5 Å². The summed E-state index contributed by atoms with van der Waals surface area (Å²) in [6.45, 7) is 0.371. The molecule has 0 N–H and O–H groups in total. The van der Waals surface area contributed by atoms with Crippen LogP contribution in [0.1, 0.15) is 16.7 Å². The smallest absolute Gasteiger partial charge is 0.142 e. The van der Waals surface area contributed by atoms with E-state index in [2.05, 4.69) is 11.2 Å². The first-order chi connectivity index (χ1) is 9.28. The molecule has 2 aromatic carbocycles. The van der Waals surface area contributed by atoms with Crippen LogP contribution >= 0.6 is 11.6 Å². The Morgan fingerprint density at radius 1 is 1.11 bits per heavy atom. The summed E-state index contributed by atoms with van der Waals surface area (Å²) < 4.78 is 0. The quantitative estimate of drug-likeness (QED) is 0.627. The number of nitrogens with zero attached hydrogens (tertiary/aromatic N) is 2. The van der Waals surface area contributed by atoms with E-state index in [0.717, 1.165) is 11.1 Å². The lowest BCUT2D eigenvalue weighted by atomic mass is 10.2. The van der Waals surface area contributed by atoms with Crippen molar-refractivity contribution in [3.8, 4) is 6.07 Å². The lowest BCUT2D eigenvalue weighted by Crippen LogP contribution is -1.88. The van der Waals surface area contributed by atoms with Gasteiger partial charge < -0.3 is 4.84 Å². The predicted octanol–water partition coefficient (Wildman–Crippen LogP) is 3.76. The summed E-state index contributed by atoms with van der Waals surface area (Å²) in [6, 6.07) is 16.6. The topological polar surface area (TPSA) is 45.4 Å². The monoisotopic (exact) mass is 270 g/mol. The van der Waals surface area contributed by atoms with Gasteiger partial charge in [-0.05, 0) is 35.4 Å². The van der Waals surface area contributed by atoms with Crippen molar-refractivity contribution < 1.29 is 4.84 Å². The van der Waals surface area contributed by atoms with Crippen molar-refractivity contribution in [2.24, 2.45) is 5.16 Å². The van der Waals surface area contributed by atoms with E-state index in [4.69, 9.17) is 21.7 Å². The van der Waals surface area contributed by atoms with Crippen LogP contribution in [0.3, 0.4) is 0 Å². The van der Waals surface area contributed by atoms with Gasteiger partial charge in [0.05, 0.1) is 17.8 Å². The maximum absolute atomic E-state index is 8.67. The number of rotatable bonds is 4. The Morgan fingerprint density at radius 3 is 2.42 bits per heavy atom. The zero-order valence-corrected chi connectivity index (χ0v) is 10.8. The highest BCUT2D eigenvalue weighted by Crippen LogP contribution is 2.08. The Labute approximate surface area is 116 Å². The molecule has 0 aliphatic rings. The molecule has 0 spiro atoms. The van der Waals surface area contributed by atoms with Gasteiger partial charge in [0.2, 0.25) is 0 Å². The molecule has 0 fully saturated rings. The minimum Gasteiger partial charge on any atom is -0.391 e. The van der Waals surface area contributed by atoms with Crippen LogP contribution in [0, 0.1) is 11.3 Å². The number of halogens is 1. The Hall–Kier alpha value is -2.31. The largest absolute Gasteiger partial charge is 0.391 e. The molecule has 0 aliphatic carbocycles. The van der Waals surface area contributed by atoms with Crippen molar-refractivity contribution in [2.45, 2.75) is 6.61 Å². The third-order valence-electron chi connectivity index (χ3n) is 2.46. The van der Waals surface area contributed by atoms with E-state index in [1.807, 2.05) is 24.3 Å². The van der Waals surface area contributed by atoms with Gasteiger partial charge in [0.1, 0.15) is 6.61 Å². The van der Waals surface area contributed by atoms with E-state index in [1.165, 1.54) is 0 Å². The van der Waals surface area contributed by atoms with Crippen molar-refractivity contribution in [1.82, 2.24) is 0 Å². The van der Waals surface area contributed by atoms with E-state index < -0.39 is 0 Å². The van der Waals surface area contributed by atoms with Crippen LogP contribution in [0.25, 0.3) is 0 Å². The van der Waals surface area contributed by atoms with Gasteiger partial charge in [-0.3, -0.25) is 0 Å². The molecule has 0 heterocycles. The zero-order valence-electron chi connectivity index (χ0n) is 10.1. The van der Waals surface area contributed by atoms with Crippen LogP contribution in [0.4, 0.5) is 0 Å². The SMILES string of the molecule is N#Cc1ccc(CO/N=C/c2ccc(Cl)cc2)cc1. The average Bonchev–Trinajstić information content (AvgIpc) is 2.46. The number of nitriles is 1. The third-order valence-corrected chi connectivity index (χ3v) is 2.71. The molecule has 0 radical (unpaired) electrons. The average molecular weight is 271 g/mol. The van der Waals surface area contributed by atoms with Gasteiger partial charge in [-0.1, -0.05) is 41.0 Å². The van der Waals surface area contributed by atoms with Crippen molar-refractivity contribution >= 4 is 17.8 Å². The molecule has 0 bridgehead atoms. The molecular weight excluding hydrogens is 260 g/mol.